The van der Waals surface area contributed by atoms with Gasteiger partial charge in [-0.05, 0) is 30.4 Å². The summed E-state index contributed by atoms with van der Waals surface area (Å²) in [4.78, 5) is 0. The van der Waals surface area contributed by atoms with Crippen LogP contribution in [0, 0.1) is 23.7 Å². The summed E-state index contributed by atoms with van der Waals surface area (Å²) in [6.07, 6.45) is 8.93. The van der Waals surface area contributed by atoms with Gasteiger partial charge in [0.1, 0.15) is 0 Å². The lowest BCUT2D eigenvalue weighted by Crippen LogP contribution is -2.35. The molecule has 0 aliphatic heterocycles. The molecule has 0 amide bonds. The molecule has 0 aromatic heterocycles. The maximum atomic E-state index is 8.94. The highest BCUT2D eigenvalue weighted by molar-refractivity contribution is 6.12. The lowest BCUT2D eigenvalue weighted by atomic mass is 9.74. The number of rotatable bonds is 0. The third-order valence-corrected chi connectivity index (χ3v) is 3.80. The van der Waals surface area contributed by atoms with Crippen LogP contribution in [0.4, 0.5) is 0 Å². The third-order valence-electron chi connectivity index (χ3n) is 3.80. The Bertz CT molecular complexity index is 373. The molecule has 0 saturated heterocycles. The third kappa shape index (κ3) is 1.02. The topological polar surface area (TPSA) is 65.2 Å². The average Bonchev–Trinajstić information content (AvgIpc) is 2.88. The second kappa shape index (κ2) is 2.95. The minimum absolute atomic E-state index is 0.195. The summed E-state index contributed by atoms with van der Waals surface area (Å²) in [6, 6.07) is 0. The van der Waals surface area contributed by atoms with Gasteiger partial charge in [0.25, 0.3) is 0 Å². The van der Waals surface area contributed by atoms with Crippen LogP contribution in [-0.4, -0.2) is 21.8 Å². The van der Waals surface area contributed by atoms with Crippen molar-refractivity contribution in [3.05, 3.63) is 24.3 Å². The van der Waals surface area contributed by atoms with Gasteiger partial charge in [-0.2, -0.15) is 0 Å². The average molecular weight is 204 g/mol. The summed E-state index contributed by atoms with van der Waals surface area (Å²) in [5.74, 6) is 1.27. The van der Waals surface area contributed by atoms with E-state index in [1.807, 2.05) is 0 Å². The fraction of sp³-hybridized carbons (Fsp3) is 0.455. The maximum Gasteiger partial charge on any atom is 0.0840 e. The van der Waals surface area contributed by atoms with Gasteiger partial charge in [-0.15, -0.1) is 0 Å². The molecular formula is C11H12N2O2. The largest absolute Gasteiger partial charge is 0.411 e. The van der Waals surface area contributed by atoms with E-state index in [0.29, 0.717) is 23.3 Å². The van der Waals surface area contributed by atoms with Gasteiger partial charge < -0.3 is 10.4 Å². The SMILES string of the molecule is O/N=C1C=C/C(=N/O)C2C3C=CC(C3)C/12. The summed E-state index contributed by atoms with van der Waals surface area (Å²) in [6.45, 7) is 0. The van der Waals surface area contributed by atoms with Crippen molar-refractivity contribution in [1.82, 2.24) is 0 Å². The van der Waals surface area contributed by atoms with Crippen molar-refractivity contribution in [2.45, 2.75) is 6.42 Å². The molecule has 1 fully saturated rings. The Morgan fingerprint density at radius 3 is 1.80 bits per heavy atom. The van der Waals surface area contributed by atoms with E-state index in [0.717, 1.165) is 6.42 Å². The molecule has 0 heterocycles. The summed E-state index contributed by atoms with van der Waals surface area (Å²) in [5, 5.41) is 24.5. The number of oxime groups is 2. The standard InChI is InChI=1S/C11H12N2O2/c14-12-8-3-4-9(13-15)11-7-2-1-6(5-7)10(8)11/h1-4,6-7,10-11,14-15H,5H2/b12-8-,13-9-. The molecule has 1 saturated carbocycles. The molecule has 2 bridgehead atoms. The van der Waals surface area contributed by atoms with E-state index in [1.54, 1.807) is 12.2 Å². The molecule has 4 nitrogen and oxygen atoms in total. The molecule has 4 heteroatoms. The van der Waals surface area contributed by atoms with Crippen molar-refractivity contribution < 1.29 is 10.4 Å². The fourth-order valence-corrected chi connectivity index (χ4v) is 3.22. The molecule has 3 aliphatic rings. The fourth-order valence-electron chi connectivity index (χ4n) is 3.22. The first-order valence-corrected chi connectivity index (χ1v) is 5.15. The van der Waals surface area contributed by atoms with Crippen LogP contribution in [0.5, 0.6) is 0 Å². The quantitative estimate of drug-likeness (QED) is 0.358. The molecule has 15 heavy (non-hydrogen) atoms. The van der Waals surface area contributed by atoms with E-state index in [1.165, 1.54) is 0 Å². The van der Waals surface area contributed by atoms with Gasteiger partial charge in [-0.1, -0.05) is 22.5 Å². The van der Waals surface area contributed by atoms with Gasteiger partial charge in [0.05, 0.1) is 11.4 Å². The smallest absolute Gasteiger partial charge is 0.0840 e. The lowest BCUT2D eigenvalue weighted by Gasteiger charge is -2.29. The monoisotopic (exact) mass is 204 g/mol. The molecule has 3 rings (SSSR count). The number of hydrogen-bond donors (Lipinski definition) is 2. The Kier molecular flexibility index (Phi) is 1.71. The predicted molar refractivity (Wildman–Crippen MR) is 55.3 cm³/mol. The minimum atomic E-state index is 0.195. The number of allylic oxidation sites excluding steroid dienone is 4. The molecule has 0 radical (unpaired) electrons. The zero-order valence-electron chi connectivity index (χ0n) is 8.11. The lowest BCUT2D eigenvalue weighted by molar-refractivity contribution is 0.304. The number of fused-ring (bicyclic) bond motifs is 5. The van der Waals surface area contributed by atoms with Gasteiger partial charge in [-0.3, -0.25) is 0 Å². The Morgan fingerprint density at radius 2 is 1.40 bits per heavy atom. The molecule has 0 aromatic rings. The van der Waals surface area contributed by atoms with E-state index in [-0.39, 0.29) is 11.8 Å². The second-order valence-corrected chi connectivity index (χ2v) is 4.38. The van der Waals surface area contributed by atoms with Crippen LogP contribution in [0.2, 0.25) is 0 Å². The summed E-state index contributed by atoms with van der Waals surface area (Å²) in [7, 11) is 0. The predicted octanol–water partition coefficient (Wildman–Crippen LogP) is 1.65. The maximum absolute atomic E-state index is 8.94. The first-order chi connectivity index (χ1) is 7.35. The van der Waals surface area contributed by atoms with E-state index in [9.17, 15) is 0 Å². The van der Waals surface area contributed by atoms with Crippen LogP contribution in [-0.2, 0) is 0 Å². The van der Waals surface area contributed by atoms with Gasteiger partial charge in [0.15, 0.2) is 0 Å². The molecule has 3 aliphatic carbocycles. The highest BCUT2D eigenvalue weighted by atomic mass is 16.4. The zero-order chi connectivity index (χ0) is 10.4. The number of nitrogens with zero attached hydrogens (tertiary/aromatic N) is 2. The highest BCUT2D eigenvalue weighted by Crippen LogP contribution is 2.50. The number of hydrogen-bond acceptors (Lipinski definition) is 4. The Morgan fingerprint density at radius 1 is 0.933 bits per heavy atom. The summed E-state index contributed by atoms with van der Waals surface area (Å²) >= 11 is 0. The molecule has 2 N–H and O–H groups in total. The van der Waals surface area contributed by atoms with Gasteiger partial charge in [0.2, 0.25) is 0 Å². The van der Waals surface area contributed by atoms with Crippen LogP contribution in [0.3, 0.4) is 0 Å². The van der Waals surface area contributed by atoms with Crippen molar-refractivity contribution >= 4 is 11.4 Å². The van der Waals surface area contributed by atoms with Gasteiger partial charge in [-0.25, -0.2) is 0 Å². The van der Waals surface area contributed by atoms with Crippen LogP contribution in [0.25, 0.3) is 0 Å². The van der Waals surface area contributed by atoms with Crippen molar-refractivity contribution in [3.8, 4) is 0 Å². The van der Waals surface area contributed by atoms with E-state index in [4.69, 9.17) is 10.4 Å². The van der Waals surface area contributed by atoms with Crippen LogP contribution >= 0.6 is 0 Å². The molecule has 4 unspecified atom stereocenters. The van der Waals surface area contributed by atoms with Crippen LogP contribution in [0.1, 0.15) is 6.42 Å². The minimum Gasteiger partial charge on any atom is -0.411 e. The van der Waals surface area contributed by atoms with Crippen LogP contribution < -0.4 is 0 Å². The highest BCUT2D eigenvalue weighted by Gasteiger charge is 2.49. The first kappa shape index (κ1) is 8.71. The summed E-state index contributed by atoms with van der Waals surface area (Å²) in [5.41, 5.74) is 1.42. The van der Waals surface area contributed by atoms with Crippen molar-refractivity contribution in [3.63, 3.8) is 0 Å². The molecular weight excluding hydrogens is 192 g/mol. The first-order valence-electron chi connectivity index (χ1n) is 5.15. The van der Waals surface area contributed by atoms with Gasteiger partial charge >= 0.3 is 0 Å². The Labute approximate surface area is 87.3 Å². The zero-order valence-corrected chi connectivity index (χ0v) is 8.11. The van der Waals surface area contributed by atoms with Crippen molar-refractivity contribution in [1.29, 1.82) is 0 Å². The van der Waals surface area contributed by atoms with E-state index < -0.39 is 0 Å². The molecule has 0 spiro atoms. The molecule has 0 aromatic carbocycles. The van der Waals surface area contributed by atoms with Crippen molar-refractivity contribution in [2.24, 2.45) is 34.0 Å². The normalized spacial score (nSPS) is 46.7. The van der Waals surface area contributed by atoms with E-state index >= 15 is 0 Å². The Hall–Kier alpha value is -1.58. The Balaban J connectivity index is 2.09. The van der Waals surface area contributed by atoms with Crippen molar-refractivity contribution in [2.75, 3.05) is 0 Å². The molecule has 78 valence electrons. The second-order valence-electron chi connectivity index (χ2n) is 4.38. The summed E-state index contributed by atoms with van der Waals surface area (Å²) < 4.78 is 0. The van der Waals surface area contributed by atoms with Crippen LogP contribution in [0.15, 0.2) is 34.6 Å². The molecule has 4 atom stereocenters. The van der Waals surface area contributed by atoms with Gasteiger partial charge in [0, 0.05) is 11.8 Å². The van der Waals surface area contributed by atoms with E-state index in [2.05, 4.69) is 22.5 Å².